The summed E-state index contributed by atoms with van der Waals surface area (Å²) in [6.45, 7) is 4.74. The monoisotopic (exact) mass is 274 g/mol. The van der Waals surface area contributed by atoms with E-state index in [0.717, 1.165) is 26.1 Å². The molecule has 19 heavy (non-hydrogen) atoms. The number of carbonyl (C=O) groups is 1. The second kappa shape index (κ2) is 8.47. The summed E-state index contributed by atoms with van der Waals surface area (Å²) in [6, 6.07) is -0.248. The van der Waals surface area contributed by atoms with Crippen LogP contribution in [0.3, 0.4) is 0 Å². The van der Waals surface area contributed by atoms with Crippen molar-refractivity contribution < 1.29 is 19.0 Å². The molecule has 0 radical (unpaired) electrons. The Morgan fingerprint density at radius 2 is 1.89 bits per heavy atom. The van der Waals surface area contributed by atoms with Gasteiger partial charge in [-0.2, -0.15) is 0 Å². The fraction of sp³-hybridized carbons (Fsp3) is 0.923. The van der Waals surface area contributed by atoms with Crippen molar-refractivity contribution in [1.29, 1.82) is 0 Å². The fourth-order valence-electron chi connectivity index (χ4n) is 2.39. The number of hydrogen-bond acceptors (Lipinski definition) is 6. The maximum atomic E-state index is 11.7. The zero-order chi connectivity index (χ0) is 14.3. The first-order valence-corrected chi connectivity index (χ1v) is 6.78. The number of nitrogens with one attached hydrogen (secondary N) is 1. The molecule has 1 N–H and O–H groups in total. The molecule has 1 aliphatic heterocycles. The normalized spacial score (nSPS) is 25.5. The third-order valence-corrected chi connectivity index (χ3v) is 3.55. The summed E-state index contributed by atoms with van der Waals surface area (Å²) >= 11 is 0. The van der Waals surface area contributed by atoms with Crippen LogP contribution in [0.4, 0.5) is 0 Å². The molecule has 1 aliphatic rings. The number of likely N-dealkylation sites (N-methyl/N-ethyl adjacent to an activating group) is 1. The molecule has 1 rings (SSSR count). The Balaban J connectivity index is 2.37. The molecule has 0 aromatic carbocycles. The largest absolute Gasteiger partial charge is 0.465 e. The van der Waals surface area contributed by atoms with E-state index in [1.54, 1.807) is 21.3 Å². The van der Waals surface area contributed by atoms with Gasteiger partial charge in [0, 0.05) is 33.9 Å². The molecule has 0 aromatic heterocycles. The number of carbonyl (C=O) groups excluding carboxylic acids is 1. The van der Waals surface area contributed by atoms with Crippen LogP contribution < -0.4 is 5.32 Å². The van der Waals surface area contributed by atoms with Crippen molar-refractivity contribution in [3.8, 4) is 0 Å². The molecular weight excluding hydrogens is 248 g/mol. The molecule has 0 bridgehead atoms. The first-order chi connectivity index (χ1) is 9.15. The lowest BCUT2D eigenvalue weighted by molar-refractivity contribution is -0.145. The molecule has 6 heteroatoms. The van der Waals surface area contributed by atoms with Gasteiger partial charge >= 0.3 is 5.97 Å². The smallest absolute Gasteiger partial charge is 0.323 e. The molecule has 0 aromatic rings. The lowest BCUT2D eigenvalue weighted by atomic mass is 10.2. The van der Waals surface area contributed by atoms with E-state index in [1.807, 2.05) is 6.92 Å². The molecule has 0 saturated carbocycles. The van der Waals surface area contributed by atoms with Crippen LogP contribution in [0, 0.1) is 0 Å². The van der Waals surface area contributed by atoms with Crippen molar-refractivity contribution in [1.82, 2.24) is 10.2 Å². The van der Waals surface area contributed by atoms with Gasteiger partial charge in [-0.3, -0.25) is 9.69 Å². The average Bonchev–Trinajstić information content (AvgIpc) is 2.82. The minimum Gasteiger partial charge on any atom is -0.465 e. The highest BCUT2D eigenvalue weighted by Gasteiger charge is 2.33. The molecular formula is C13H26N2O4. The predicted octanol–water partition coefficient (Wildman–Crippen LogP) is -0.127. The number of rotatable bonds is 8. The third-order valence-electron chi connectivity index (χ3n) is 3.55. The maximum Gasteiger partial charge on any atom is 0.323 e. The predicted molar refractivity (Wildman–Crippen MR) is 72.1 cm³/mol. The molecule has 1 saturated heterocycles. The zero-order valence-corrected chi connectivity index (χ0v) is 12.3. The highest BCUT2D eigenvalue weighted by Crippen LogP contribution is 2.16. The van der Waals surface area contributed by atoms with E-state index in [0.29, 0.717) is 6.61 Å². The number of methoxy groups -OCH3 is 2. The quantitative estimate of drug-likeness (QED) is 0.622. The van der Waals surface area contributed by atoms with E-state index >= 15 is 0 Å². The lowest BCUT2D eigenvalue weighted by Gasteiger charge is -2.19. The number of ether oxygens (including phenoxy) is 3. The molecule has 0 spiro atoms. The molecule has 6 nitrogen and oxygen atoms in total. The van der Waals surface area contributed by atoms with Crippen molar-refractivity contribution in [2.75, 3.05) is 47.5 Å². The van der Waals surface area contributed by atoms with Gasteiger partial charge in [0.25, 0.3) is 0 Å². The Hall–Kier alpha value is -0.690. The van der Waals surface area contributed by atoms with Gasteiger partial charge in [0.2, 0.25) is 0 Å². The second-order valence-corrected chi connectivity index (χ2v) is 4.69. The molecule has 0 amide bonds. The van der Waals surface area contributed by atoms with Gasteiger partial charge in [-0.1, -0.05) is 0 Å². The highest BCUT2D eigenvalue weighted by atomic mass is 16.5. The van der Waals surface area contributed by atoms with Crippen LogP contribution in [0.1, 0.15) is 13.3 Å². The van der Waals surface area contributed by atoms with Gasteiger partial charge in [0.05, 0.1) is 18.8 Å². The Bertz CT molecular complexity index is 263. The summed E-state index contributed by atoms with van der Waals surface area (Å²) < 4.78 is 15.8. The first-order valence-electron chi connectivity index (χ1n) is 6.78. The standard InChI is InChI=1S/C13H26N2O4/c1-5-19-13(16)10(14-2)6-7-15-8-11(17-3)12(9-15)18-4/h10-12,14H,5-9H2,1-4H3. The first kappa shape index (κ1) is 16.4. The Labute approximate surface area is 115 Å². The fourth-order valence-corrected chi connectivity index (χ4v) is 2.39. The molecule has 3 atom stereocenters. The van der Waals surface area contributed by atoms with Gasteiger partial charge in [-0.25, -0.2) is 0 Å². The van der Waals surface area contributed by atoms with E-state index in [2.05, 4.69) is 10.2 Å². The summed E-state index contributed by atoms with van der Waals surface area (Å²) in [7, 11) is 5.19. The summed E-state index contributed by atoms with van der Waals surface area (Å²) in [5.74, 6) is -0.184. The van der Waals surface area contributed by atoms with E-state index < -0.39 is 0 Å². The van der Waals surface area contributed by atoms with Crippen molar-refractivity contribution in [2.24, 2.45) is 0 Å². The van der Waals surface area contributed by atoms with Crippen LogP contribution >= 0.6 is 0 Å². The maximum absolute atomic E-state index is 11.7. The molecule has 1 fully saturated rings. The van der Waals surface area contributed by atoms with Crippen molar-refractivity contribution >= 4 is 5.97 Å². The van der Waals surface area contributed by atoms with Crippen LogP contribution in [0.5, 0.6) is 0 Å². The van der Waals surface area contributed by atoms with Crippen molar-refractivity contribution in [2.45, 2.75) is 31.6 Å². The van der Waals surface area contributed by atoms with E-state index in [4.69, 9.17) is 14.2 Å². The van der Waals surface area contributed by atoms with Gasteiger partial charge in [0.1, 0.15) is 6.04 Å². The Morgan fingerprint density at radius 1 is 1.32 bits per heavy atom. The number of esters is 1. The average molecular weight is 274 g/mol. The molecule has 3 unspecified atom stereocenters. The molecule has 112 valence electrons. The minimum absolute atomic E-state index is 0.112. The van der Waals surface area contributed by atoms with E-state index in [1.165, 1.54) is 0 Å². The van der Waals surface area contributed by atoms with Gasteiger partial charge < -0.3 is 19.5 Å². The molecule has 0 aliphatic carbocycles. The van der Waals surface area contributed by atoms with Gasteiger partial charge in [-0.05, 0) is 20.4 Å². The van der Waals surface area contributed by atoms with Crippen LogP contribution in [0.25, 0.3) is 0 Å². The lowest BCUT2D eigenvalue weighted by Crippen LogP contribution is -2.39. The third kappa shape index (κ3) is 4.72. The molecule has 1 heterocycles. The van der Waals surface area contributed by atoms with Gasteiger partial charge in [0.15, 0.2) is 0 Å². The zero-order valence-electron chi connectivity index (χ0n) is 12.3. The van der Waals surface area contributed by atoms with Crippen molar-refractivity contribution in [3.63, 3.8) is 0 Å². The summed E-state index contributed by atoms with van der Waals surface area (Å²) in [6.07, 6.45) is 0.948. The number of nitrogens with zero attached hydrogens (tertiary/aromatic N) is 1. The topological polar surface area (TPSA) is 60.0 Å². The summed E-state index contributed by atoms with van der Waals surface area (Å²) in [5.41, 5.74) is 0. The van der Waals surface area contributed by atoms with Crippen LogP contribution in [-0.4, -0.2) is 76.6 Å². The second-order valence-electron chi connectivity index (χ2n) is 4.69. The Morgan fingerprint density at radius 3 is 2.32 bits per heavy atom. The minimum atomic E-state index is -0.248. The Kier molecular flexibility index (Phi) is 7.30. The summed E-state index contributed by atoms with van der Waals surface area (Å²) in [5, 5.41) is 3.00. The van der Waals surface area contributed by atoms with E-state index in [9.17, 15) is 4.79 Å². The van der Waals surface area contributed by atoms with Gasteiger partial charge in [-0.15, -0.1) is 0 Å². The van der Waals surface area contributed by atoms with Crippen LogP contribution in [0.2, 0.25) is 0 Å². The van der Waals surface area contributed by atoms with E-state index in [-0.39, 0.29) is 24.2 Å². The van der Waals surface area contributed by atoms with Crippen LogP contribution in [0.15, 0.2) is 0 Å². The number of likely N-dealkylation sites (tertiary alicyclic amines) is 1. The SMILES string of the molecule is CCOC(=O)C(CCN1CC(OC)C(OC)C1)NC. The van der Waals surface area contributed by atoms with Crippen molar-refractivity contribution in [3.05, 3.63) is 0 Å². The highest BCUT2D eigenvalue weighted by molar-refractivity contribution is 5.75. The summed E-state index contributed by atoms with van der Waals surface area (Å²) in [4.78, 5) is 13.9. The van der Waals surface area contributed by atoms with Crippen LogP contribution in [-0.2, 0) is 19.0 Å². The number of hydrogen-bond donors (Lipinski definition) is 1.